The van der Waals surface area contributed by atoms with E-state index in [9.17, 15) is 8.42 Å². The van der Waals surface area contributed by atoms with Crippen molar-refractivity contribution in [1.29, 1.82) is 0 Å². The molecule has 0 atom stereocenters. The zero-order chi connectivity index (χ0) is 13.2. The van der Waals surface area contributed by atoms with Crippen LogP contribution in [-0.2, 0) is 15.9 Å². The Hall–Kier alpha value is -1.11. The molecule has 0 spiro atoms. The van der Waals surface area contributed by atoms with Crippen molar-refractivity contribution in [2.45, 2.75) is 17.7 Å². The Morgan fingerprint density at radius 2 is 2.00 bits per heavy atom. The highest BCUT2D eigenvalue weighted by molar-refractivity contribution is 7.93. The summed E-state index contributed by atoms with van der Waals surface area (Å²) in [6.45, 7) is 1.90. The van der Waals surface area contributed by atoms with Gasteiger partial charge in [0.1, 0.15) is 0 Å². The first-order valence-corrected chi connectivity index (χ1v) is 8.01. The van der Waals surface area contributed by atoms with Gasteiger partial charge < -0.3 is 0 Å². The lowest BCUT2D eigenvalue weighted by atomic mass is 10.2. The van der Waals surface area contributed by atoms with E-state index < -0.39 is 10.0 Å². The highest BCUT2D eigenvalue weighted by atomic mass is 35.5. The van der Waals surface area contributed by atoms with Crippen LogP contribution in [0.1, 0.15) is 11.3 Å². The van der Waals surface area contributed by atoms with Crippen LogP contribution in [-0.4, -0.2) is 13.4 Å². The van der Waals surface area contributed by atoms with Crippen LogP contribution in [0.25, 0.3) is 0 Å². The van der Waals surface area contributed by atoms with Gasteiger partial charge in [0, 0.05) is 5.38 Å². The molecular weight excluding hydrogens is 292 g/mol. The number of aryl methyl sites for hydroxylation is 1. The first-order chi connectivity index (χ1) is 8.51. The van der Waals surface area contributed by atoms with Gasteiger partial charge in [0.25, 0.3) is 10.0 Å². The summed E-state index contributed by atoms with van der Waals surface area (Å²) in [5, 5.41) is 2.05. The number of alkyl halides is 1. The Morgan fingerprint density at radius 3 is 2.56 bits per heavy atom. The van der Waals surface area contributed by atoms with Crippen molar-refractivity contribution < 1.29 is 8.42 Å². The van der Waals surface area contributed by atoms with Crippen LogP contribution in [0, 0.1) is 6.92 Å². The minimum atomic E-state index is -3.57. The van der Waals surface area contributed by atoms with Gasteiger partial charge in [-0.2, -0.15) is 0 Å². The van der Waals surface area contributed by atoms with Crippen LogP contribution in [0.2, 0.25) is 0 Å². The second kappa shape index (κ2) is 5.26. The molecule has 0 fully saturated rings. The van der Waals surface area contributed by atoms with Gasteiger partial charge in [-0.15, -0.1) is 22.9 Å². The van der Waals surface area contributed by atoms with Crippen molar-refractivity contribution in [3.63, 3.8) is 0 Å². The van der Waals surface area contributed by atoms with E-state index in [1.165, 1.54) is 11.3 Å². The molecule has 0 saturated heterocycles. The summed E-state index contributed by atoms with van der Waals surface area (Å²) in [7, 11) is -3.57. The summed E-state index contributed by atoms with van der Waals surface area (Å²) in [4.78, 5) is 4.27. The average molecular weight is 303 g/mol. The van der Waals surface area contributed by atoms with Crippen LogP contribution < -0.4 is 4.72 Å². The van der Waals surface area contributed by atoms with Gasteiger partial charge in [-0.1, -0.05) is 17.7 Å². The van der Waals surface area contributed by atoms with Crippen molar-refractivity contribution in [1.82, 2.24) is 4.98 Å². The van der Waals surface area contributed by atoms with Gasteiger partial charge in [-0.25, -0.2) is 13.4 Å². The molecule has 0 amide bonds. The highest BCUT2D eigenvalue weighted by Gasteiger charge is 2.15. The minimum absolute atomic E-state index is 0.218. The number of hydrogen-bond donors (Lipinski definition) is 1. The maximum Gasteiger partial charge on any atom is 0.263 e. The van der Waals surface area contributed by atoms with Gasteiger partial charge in [0.05, 0.1) is 16.5 Å². The topological polar surface area (TPSA) is 59.1 Å². The largest absolute Gasteiger partial charge is 0.263 e. The lowest BCUT2D eigenvalue weighted by Crippen LogP contribution is -2.12. The number of halogens is 1. The highest BCUT2D eigenvalue weighted by Crippen LogP contribution is 2.21. The summed E-state index contributed by atoms with van der Waals surface area (Å²) < 4.78 is 26.5. The van der Waals surface area contributed by atoms with Gasteiger partial charge in [-0.3, -0.25) is 4.72 Å². The van der Waals surface area contributed by atoms with Crippen molar-refractivity contribution in [3.8, 4) is 0 Å². The lowest BCUT2D eigenvalue weighted by molar-refractivity contribution is 0.601. The molecule has 7 heteroatoms. The Labute approximate surface area is 115 Å². The molecule has 4 nitrogen and oxygen atoms in total. The fraction of sp³-hybridized carbons (Fsp3) is 0.182. The van der Waals surface area contributed by atoms with E-state index in [2.05, 4.69) is 9.71 Å². The van der Waals surface area contributed by atoms with Crippen molar-refractivity contribution in [3.05, 3.63) is 40.9 Å². The Morgan fingerprint density at radius 1 is 1.33 bits per heavy atom. The standard InChI is InChI=1S/C11H11ClN2O2S2/c1-8-2-4-10(5-3-8)18(15,16)14-11-13-9(6-12)7-17-11/h2-5,7H,6H2,1H3,(H,13,14). The first kappa shape index (κ1) is 13.3. The van der Waals surface area contributed by atoms with Gasteiger partial charge >= 0.3 is 0 Å². The number of hydrogen-bond acceptors (Lipinski definition) is 4. The molecule has 0 bridgehead atoms. The molecule has 1 heterocycles. The summed E-state index contributed by atoms with van der Waals surface area (Å²) in [5.74, 6) is 0.267. The number of thiazole rings is 1. The third-order valence-corrected chi connectivity index (χ3v) is 4.81. The molecule has 0 aliphatic carbocycles. The van der Waals surface area contributed by atoms with Crippen LogP contribution in [0.3, 0.4) is 0 Å². The molecule has 1 aromatic heterocycles. The maximum atomic E-state index is 12.0. The van der Waals surface area contributed by atoms with Crippen LogP contribution in [0.15, 0.2) is 34.5 Å². The first-order valence-electron chi connectivity index (χ1n) is 5.11. The monoisotopic (exact) mass is 302 g/mol. The van der Waals surface area contributed by atoms with Gasteiger partial charge in [0.2, 0.25) is 0 Å². The van der Waals surface area contributed by atoms with E-state index in [4.69, 9.17) is 11.6 Å². The summed E-state index contributed by atoms with van der Waals surface area (Å²) in [5.41, 5.74) is 1.66. The van der Waals surface area contributed by atoms with Crippen LogP contribution in [0.4, 0.5) is 5.13 Å². The third-order valence-electron chi connectivity index (χ3n) is 2.24. The normalized spacial score (nSPS) is 11.4. The van der Waals surface area contributed by atoms with E-state index in [0.29, 0.717) is 10.8 Å². The molecule has 18 heavy (non-hydrogen) atoms. The number of nitrogens with zero attached hydrogens (tertiary/aromatic N) is 1. The van der Waals surface area contributed by atoms with E-state index in [1.54, 1.807) is 29.6 Å². The zero-order valence-electron chi connectivity index (χ0n) is 9.55. The summed E-state index contributed by atoms with van der Waals surface area (Å²) >= 11 is 6.83. The van der Waals surface area contributed by atoms with E-state index in [1.807, 2.05) is 6.92 Å². The smallest absolute Gasteiger partial charge is 0.255 e. The predicted molar refractivity (Wildman–Crippen MR) is 73.7 cm³/mol. The molecule has 0 aliphatic rings. The quantitative estimate of drug-likeness (QED) is 0.883. The molecule has 2 rings (SSSR count). The molecular formula is C11H11ClN2O2S2. The zero-order valence-corrected chi connectivity index (χ0v) is 11.9. The summed E-state index contributed by atoms with van der Waals surface area (Å²) in [6, 6.07) is 6.63. The van der Waals surface area contributed by atoms with Crippen LogP contribution >= 0.6 is 22.9 Å². The average Bonchev–Trinajstić information content (AvgIpc) is 2.76. The molecule has 2 aromatic rings. The molecule has 0 radical (unpaired) electrons. The Balaban J connectivity index is 2.24. The predicted octanol–water partition coefficient (Wildman–Crippen LogP) is 2.99. The molecule has 0 saturated carbocycles. The van der Waals surface area contributed by atoms with E-state index in [-0.39, 0.29) is 10.8 Å². The van der Waals surface area contributed by atoms with E-state index in [0.717, 1.165) is 5.56 Å². The number of benzene rings is 1. The molecule has 0 aliphatic heterocycles. The summed E-state index contributed by atoms with van der Waals surface area (Å²) in [6.07, 6.45) is 0. The number of aromatic nitrogens is 1. The third kappa shape index (κ3) is 3.01. The molecule has 1 aromatic carbocycles. The number of anilines is 1. The van der Waals surface area contributed by atoms with Crippen molar-refractivity contribution in [2.24, 2.45) is 0 Å². The van der Waals surface area contributed by atoms with E-state index >= 15 is 0 Å². The van der Waals surface area contributed by atoms with Gasteiger partial charge in [0.15, 0.2) is 5.13 Å². The van der Waals surface area contributed by atoms with Crippen molar-refractivity contribution >= 4 is 38.1 Å². The maximum absolute atomic E-state index is 12.0. The molecule has 96 valence electrons. The minimum Gasteiger partial charge on any atom is -0.255 e. The number of rotatable bonds is 4. The molecule has 1 N–H and O–H groups in total. The second-order valence-corrected chi connectivity index (χ2v) is 6.50. The Bertz CT molecular complexity index is 635. The number of sulfonamides is 1. The molecule has 0 unspecified atom stereocenters. The SMILES string of the molecule is Cc1ccc(S(=O)(=O)Nc2nc(CCl)cs2)cc1. The fourth-order valence-corrected chi connectivity index (χ4v) is 3.50. The second-order valence-electron chi connectivity index (χ2n) is 3.70. The Kier molecular flexibility index (Phi) is 3.89. The fourth-order valence-electron chi connectivity index (χ4n) is 1.31. The number of nitrogens with one attached hydrogen (secondary N) is 1. The lowest BCUT2D eigenvalue weighted by Gasteiger charge is -2.05. The van der Waals surface area contributed by atoms with Crippen molar-refractivity contribution in [2.75, 3.05) is 4.72 Å². The van der Waals surface area contributed by atoms with Crippen LogP contribution in [0.5, 0.6) is 0 Å². The van der Waals surface area contributed by atoms with Gasteiger partial charge in [-0.05, 0) is 19.1 Å².